The van der Waals surface area contributed by atoms with Crippen LogP contribution in [0.1, 0.15) is 12.0 Å². The van der Waals surface area contributed by atoms with E-state index in [9.17, 15) is 0 Å². The molecule has 0 bridgehead atoms. The maximum absolute atomic E-state index is 5.67. The van der Waals surface area contributed by atoms with Crippen molar-refractivity contribution >= 4 is 17.2 Å². The van der Waals surface area contributed by atoms with Crippen molar-refractivity contribution in [1.29, 1.82) is 0 Å². The van der Waals surface area contributed by atoms with Gasteiger partial charge in [-0.05, 0) is 17.6 Å². The Balaban J connectivity index is 2.88. The maximum Gasteiger partial charge on any atom is 0.00836 e. The summed E-state index contributed by atoms with van der Waals surface area (Å²) in [4.78, 5) is 0. The lowest BCUT2D eigenvalue weighted by Gasteiger charge is -2.01. The van der Waals surface area contributed by atoms with Crippen molar-refractivity contribution in [3.8, 4) is 0 Å². The number of hydrogen-bond donors (Lipinski definition) is 0. The molecule has 0 aliphatic heterocycles. The summed E-state index contributed by atoms with van der Waals surface area (Å²) in [6.45, 7) is 3.67. The van der Waals surface area contributed by atoms with Gasteiger partial charge < -0.3 is 0 Å². The van der Waals surface area contributed by atoms with Crippen LogP contribution in [0.5, 0.6) is 0 Å². The Morgan fingerprint density at radius 2 is 2.00 bits per heavy atom. The van der Waals surface area contributed by atoms with E-state index in [0.29, 0.717) is 0 Å². The number of hydrogen-bond acceptors (Lipinski definition) is 0. The lowest BCUT2D eigenvalue weighted by molar-refractivity contribution is 1.41. The van der Waals surface area contributed by atoms with E-state index in [4.69, 9.17) is 11.6 Å². The SMILES string of the molecule is C=CC/C(=C\Cl)c1ccccc1. The van der Waals surface area contributed by atoms with Crippen LogP contribution in [0.25, 0.3) is 5.57 Å². The Morgan fingerprint density at radius 3 is 2.50 bits per heavy atom. The van der Waals surface area contributed by atoms with Crippen molar-refractivity contribution in [2.75, 3.05) is 0 Å². The zero-order valence-electron chi connectivity index (χ0n) is 6.83. The predicted molar refractivity (Wildman–Crippen MR) is 55.1 cm³/mol. The third-order valence-corrected chi connectivity index (χ3v) is 1.90. The van der Waals surface area contributed by atoms with Crippen LogP contribution in [-0.4, -0.2) is 0 Å². The van der Waals surface area contributed by atoms with E-state index in [1.807, 2.05) is 36.4 Å². The van der Waals surface area contributed by atoms with Gasteiger partial charge in [-0.2, -0.15) is 0 Å². The molecule has 1 rings (SSSR count). The molecule has 0 radical (unpaired) electrons. The zero-order valence-corrected chi connectivity index (χ0v) is 7.59. The minimum absolute atomic E-state index is 0.813. The molecule has 0 nitrogen and oxygen atoms in total. The zero-order chi connectivity index (χ0) is 8.81. The van der Waals surface area contributed by atoms with Crippen molar-refractivity contribution in [3.05, 3.63) is 54.1 Å². The van der Waals surface area contributed by atoms with Crippen LogP contribution in [0.4, 0.5) is 0 Å². The van der Waals surface area contributed by atoms with E-state index in [-0.39, 0.29) is 0 Å². The van der Waals surface area contributed by atoms with Gasteiger partial charge >= 0.3 is 0 Å². The quantitative estimate of drug-likeness (QED) is 0.617. The van der Waals surface area contributed by atoms with E-state index in [0.717, 1.165) is 17.6 Å². The average molecular weight is 179 g/mol. The summed E-state index contributed by atoms with van der Waals surface area (Å²) >= 11 is 5.67. The van der Waals surface area contributed by atoms with Crippen LogP contribution < -0.4 is 0 Å². The maximum atomic E-state index is 5.67. The second kappa shape index (κ2) is 4.78. The normalized spacial score (nSPS) is 11.2. The van der Waals surface area contributed by atoms with Gasteiger partial charge in [0.25, 0.3) is 0 Å². The first-order valence-corrected chi connectivity index (χ1v) is 4.27. The fourth-order valence-electron chi connectivity index (χ4n) is 1.03. The average Bonchev–Trinajstić information content (AvgIpc) is 2.15. The van der Waals surface area contributed by atoms with Crippen LogP contribution in [0.3, 0.4) is 0 Å². The van der Waals surface area contributed by atoms with Crippen molar-refractivity contribution in [2.45, 2.75) is 6.42 Å². The summed E-state index contributed by atoms with van der Waals surface area (Å²) < 4.78 is 0. The molecule has 0 fully saturated rings. The third kappa shape index (κ3) is 2.24. The lowest BCUT2D eigenvalue weighted by Crippen LogP contribution is -1.80. The van der Waals surface area contributed by atoms with Crippen molar-refractivity contribution < 1.29 is 0 Å². The smallest absolute Gasteiger partial charge is 0.00836 e. The second-order valence-electron chi connectivity index (χ2n) is 2.49. The Morgan fingerprint density at radius 1 is 1.33 bits per heavy atom. The van der Waals surface area contributed by atoms with E-state index in [2.05, 4.69) is 6.58 Å². The molecule has 0 saturated carbocycles. The Hall–Kier alpha value is -1.01. The summed E-state index contributed by atoms with van der Waals surface area (Å²) in [5, 5.41) is 0. The molecule has 1 aromatic carbocycles. The first kappa shape index (κ1) is 9.08. The molecule has 0 heterocycles. The lowest BCUT2D eigenvalue weighted by atomic mass is 10.1. The Labute approximate surface area is 78.2 Å². The highest BCUT2D eigenvalue weighted by Gasteiger charge is 1.96. The summed E-state index contributed by atoms with van der Waals surface area (Å²) in [6.07, 6.45) is 2.66. The van der Waals surface area contributed by atoms with Gasteiger partial charge in [0.1, 0.15) is 0 Å². The van der Waals surface area contributed by atoms with E-state index < -0.39 is 0 Å². The number of benzene rings is 1. The summed E-state index contributed by atoms with van der Waals surface area (Å²) in [5.41, 5.74) is 3.87. The first-order valence-electron chi connectivity index (χ1n) is 3.84. The van der Waals surface area contributed by atoms with Gasteiger partial charge in [-0.3, -0.25) is 0 Å². The second-order valence-corrected chi connectivity index (χ2v) is 2.71. The van der Waals surface area contributed by atoms with Gasteiger partial charge in [-0.25, -0.2) is 0 Å². The van der Waals surface area contributed by atoms with Crippen molar-refractivity contribution in [2.24, 2.45) is 0 Å². The standard InChI is InChI=1S/C11H11Cl/c1-2-6-11(9-12)10-7-4-3-5-8-10/h2-5,7-9H,1,6H2/b11-9+. The fourth-order valence-corrected chi connectivity index (χ4v) is 1.25. The fraction of sp³-hybridized carbons (Fsp3) is 0.0909. The Bertz CT molecular complexity index is 272. The monoisotopic (exact) mass is 178 g/mol. The molecule has 0 unspecified atom stereocenters. The topological polar surface area (TPSA) is 0 Å². The van der Waals surface area contributed by atoms with Crippen molar-refractivity contribution in [1.82, 2.24) is 0 Å². The number of allylic oxidation sites excluding steroid dienone is 2. The van der Waals surface area contributed by atoms with Crippen LogP contribution in [-0.2, 0) is 0 Å². The van der Waals surface area contributed by atoms with E-state index in [1.165, 1.54) is 0 Å². The third-order valence-electron chi connectivity index (χ3n) is 1.64. The minimum atomic E-state index is 0.813. The Kier molecular flexibility index (Phi) is 3.62. The van der Waals surface area contributed by atoms with Gasteiger partial charge in [0, 0.05) is 5.54 Å². The molecular formula is C11H11Cl. The molecule has 0 spiro atoms. The molecule has 0 saturated heterocycles. The molecule has 0 aliphatic carbocycles. The highest BCUT2D eigenvalue weighted by molar-refractivity contribution is 6.28. The van der Waals surface area contributed by atoms with Crippen LogP contribution in [0.2, 0.25) is 0 Å². The largest absolute Gasteiger partial charge is 0.103 e. The molecule has 0 N–H and O–H groups in total. The molecule has 12 heavy (non-hydrogen) atoms. The highest BCUT2D eigenvalue weighted by Crippen LogP contribution is 2.18. The van der Waals surface area contributed by atoms with Gasteiger partial charge in [0.15, 0.2) is 0 Å². The van der Waals surface area contributed by atoms with Crippen LogP contribution in [0.15, 0.2) is 48.5 Å². The highest BCUT2D eigenvalue weighted by atomic mass is 35.5. The van der Waals surface area contributed by atoms with E-state index in [1.54, 1.807) is 5.54 Å². The van der Waals surface area contributed by atoms with Gasteiger partial charge in [0.2, 0.25) is 0 Å². The van der Waals surface area contributed by atoms with Gasteiger partial charge in [0.05, 0.1) is 0 Å². The van der Waals surface area contributed by atoms with Crippen LogP contribution >= 0.6 is 11.6 Å². The predicted octanol–water partition coefficient (Wildman–Crippen LogP) is 3.84. The molecule has 1 heteroatoms. The first-order chi connectivity index (χ1) is 5.88. The van der Waals surface area contributed by atoms with E-state index >= 15 is 0 Å². The van der Waals surface area contributed by atoms with Gasteiger partial charge in [-0.1, -0.05) is 48.0 Å². The molecule has 0 aromatic heterocycles. The number of halogens is 1. The van der Waals surface area contributed by atoms with Crippen LogP contribution in [0, 0.1) is 0 Å². The molecular weight excluding hydrogens is 168 g/mol. The molecule has 0 aliphatic rings. The van der Waals surface area contributed by atoms with Gasteiger partial charge in [-0.15, -0.1) is 6.58 Å². The molecule has 0 amide bonds. The molecule has 0 atom stereocenters. The summed E-state index contributed by atoms with van der Waals surface area (Å²) in [6, 6.07) is 10.1. The molecule has 62 valence electrons. The minimum Gasteiger partial charge on any atom is -0.103 e. The summed E-state index contributed by atoms with van der Waals surface area (Å²) in [7, 11) is 0. The number of rotatable bonds is 3. The summed E-state index contributed by atoms with van der Waals surface area (Å²) in [5.74, 6) is 0. The van der Waals surface area contributed by atoms with Crippen molar-refractivity contribution in [3.63, 3.8) is 0 Å². The molecule has 1 aromatic rings.